The minimum Gasteiger partial charge on any atom is -0.327 e. The van der Waals surface area contributed by atoms with Crippen molar-refractivity contribution in [1.82, 2.24) is 4.31 Å². The van der Waals surface area contributed by atoms with Crippen molar-refractivity contribution in [3.63, 3.8) is 0 Å². The molecular weight excluding hydrogens is 272 g/mol. The molecule has 108 valence electrons. The molecule has 0 radical (unpaired) electrons. The van der Waals surface area contributed by atoms with E-state index < -0.39 is 20.8 Å². The molecule has 1 rings (SSSR count). The summed E-state index contributed by atoms with van der Waals surface area (Å²) in [4.78, 5) is 0. The van der Waals surface area contributed by atoms with E-state index in [1.165, 1.54) is 10.6 Å². The van der Waals surface area contributed by atoms with Crippen LogP contribution in [-0.4, -0.2) is 53.8 Å². The van der Waals surface area contributed by atoms with Crippen LogP contribution in [-0.2, 0) is 20.8 Å². The van der Waals surface area contributed by atoms with E-state index in [1.54, 1.807) is 0 Å². The third-order valence-corrected chi connectivity index (χ3v) is 6.21. The lowest BCUT2D eigenvalue weighted by molar-refractivity contribution is 0.285. The number of nitrogens with two attached hydrogens (primary N) is 1. The van der Waals surface area contributed by atoms with Crippen molar-refractivity contribution in [3.05, 3.63) is 0 Å². The molecule has 0 aliphatic carbocycles. The van der Waals surface area contributed by atoms with Crippen molar-refractivity contribution in [3.8, 4) is 0 Å². The molecule has 0 aromatic carbocycles. The molecule has 7 heteroatoms. The molecule has 0 aromatic heterocycles. The van der Waals surface area contributed by atoms with Gasteiger partial charge >= 0.3 is 0 Å². The highest BCUT2D eigenvalue weighted by Crippen LogP contribution is 2.19. The Hall–Kier alpha value is 0.0200. The lowest BCUT2D eigenvalue weighted by Gasteiger charge is -2.30. The van der Waals surface area contributed by atoms with Crippen molar-refractivity contribution >= 4 is 20.8 Å². The number of hydrogen-bond donors (Lipinski definition) is 1. The summed E-state index contributed by atoms with van der Waals surface area (Å²) in [5, 5.41) is 0. The Morgan fingerprint density at radius 2 is 2.17 bits per heavy atom. The van der Waals surface area contributed by atoms with Gasteiger partial charge in [-0.1, -0.05) is 6.92 Å². The maximum atomic E-state index is 11.9. The second kappa shape index (κ2) is 6.98. The highest BCUT2D eigenvalue weighted by atomic mass is 32.2. The van der Waals surface area contributed by atoms with Gasteiger partial charge in [0.2, 0.25) is 10.0 Å². The average Bonchev–Trinajstić information content (AvgIpc) is 2.27. The molecule has 2 N–H and O–H groups in total. The normalized spacial score (nSPS) is 25.8. The predicted molar refractivity (Wildman–Crippen MR) is 75.3 cm³/mol. The Balaban J connectivity index is 2.45. The quantitative estimate of drug-likeness (QED) is 0.756. The number of sulfonamides is 1. The summed E-state index contributed by atoms with van der Waals surface area (Å²) in [5.41, 5.74) is 5.78. The summed E-state index contributed by atoms with van der Waals surface area (Å²) < 4.78 is 36.3. The van der Waals surface area contributed by atoms with Gasteiger partial charge in [-0.3, -0.25) is 4.21 Å². The van der Waals surface area contributed by atoms with Crippen LogP contribution >= 0.6 is 0 Å². The van der Waals surface area contributed by atoms with E-state index in [9.17, 15) is 12.6 Å². The lowest BCUT2D eigenvalue weighted by atomic mass is 10.0. The molecule has 1 aliphatic rings. The fourth-order valence-electron chi connectivity index (χ4n) is 2.15. The van der Waals surface area contributed by atoms with Gasteiger partial charge in [0, 0.05) is 41.4 Å². The molecule has 1 aliphatic heterocycles. The van der Waals surface area contributed by atoms with Crippen LogP contribution in [0.15, 0.2) is 0 Å². The Morgan fingerprint density at radius 3 is 2.72 bits per heavy atom. The van der Waals surface area contributed by atoms with Crippen molar-refractivity contribution in [2.45, 2.75) is 32.2 Å². The summed E-state index contributed by atoms with van der Waals surface area (Å²) in [6, 6.07) is -0.0135. The number of hydrogen-bond acceptors (Lipinski definition) is 4. The SMILES string of the molecule is CCC(N)CS(=O)CC1CCCN(S(C)(=O)=O)C1. The molecule has 0 spiro atoms. The van der Waals surface area contributed by atoms with Gasteiger partial charge in [-0.2, -0.15) is 0 Å². The molecular formula is C11H24N2O3S2. The highest BCUT2D eigenvalue weighted by Gasteiger charge is 2.27. The van der Waals surface area contributed by atoms with Crippen molar-refractivity contribution in [2.75, 3.05) is 30.9 Å². The summed E-state index contributed by atoms with van der Waals surface area (Å²) in [7, 11) is -4.05. The Bertz CT molecular complexity index is 384. The lowest BCUT2D eigenvalue weighted by Crippen LogP contribution is -2.41. The highest BCUT2D eigenvalue weighted by molar-refractivity contribution is 7.88. The monoisotopic (exact) mass is 296 g/mol. The van der Waals surface area contributed by atoms with Crippen LogP contribution in [0.5, 0.6) is 0 Å². The summed E-state index contributed by atoms with van der Waals surface area (Å²) >= 11 is 0. The second-order valence-corrected chi connectivity index (χ2v) is 8.60. The summed E-state index contributed by atoms with van der Waals surface area (Å²) in [6.45, 7) is 3.08. The summed E-state index contributed by atoms with van der Waals surface area (Å²) in [6.07, 6.45) is 3.87. The molecule has 1 fully saturated rings. The van der Waals surface area contributed by atoms with Gasteiger partial charge in [0.15, 0.2) is 0 Å². The molecule has 0 aromatic rings. The third kappa shape index (κ3) is 5.34. The smallest absolute Gasteiger partial charge is 0.211 e. The van der Waals surface area contributed by atoms with Crippen molar-refractivity contribution < 1.29 is 12.6 Å². The van der Waals surface area contributed by atoms with Crippen LogP contribution in [0, 0.1) is 5.92 Å². The first-order valence-electron chi connectivity index (χ1n) is 6.38. The fraction of sp³-hybridized carbons (Fsp3) is 1.00. The first-order valence-corrected chi connectivity index (χ1v) is 9.72. The number of rotatable bonds is 6. The maximum absolute atomic E-state index is 11.9. The van der Waals surface area contributed by atoms with E-state index >= 15 is 0 Å². The zero-order valence-electron chi connectivity index (χ0n) is 11.2. The van der Waals surface area contributed by atoms with Crippen LogP contribution < -0.4 is 5.73 Å². The van der Waals surface area contributed by atoms with E-state index in [1.807, 2.05) is 6.92 Å². The largest absolute Gasteiger partial charge is 0.327 e. The molecule has 0 bridgehead atoms. The first-order chi connectivity index (χ1) is 8.32. The first kappa shape index (κ1) is 16.1. The summed E-state index contributed by atoms with van der Waals surface area (Å²) in [5.74, 6) is 1.30. The van der Waals surface area contributed by atoms with Crippen LogP contribution in [0.2, 0.25) is 0 Å². The van der Waals surface area contributed by atoms with Gasteiger partial charge in [0.05, 0.1) is 6.26 Å². The van der Waals surface area contributed by atoms with Gasteiger partial charge in [-0.25, -0.2) is 12.7 Å². The maximum Gasteiger partial charge on any atom is 0.211 e. The third-order valence-electron chi connectivity index (χ3n) is 3.30. The number of piperidine rings is 1. The molecule has 5 nitrogen and oxygen atoms in total. The Kier molecular flexibility index (Phi) is 6.23. The van der Waals surface area contributed by atoms with Gasteiger partial charge in [0.1, 0.15) is 0 Å². The van der Waals surface area contributed by atoms with E-state index in [0.29, 0.717) is 24.6 Å². The van der Waals surface area contributed by atoms with Crippen LogP contribution in [0.1, 0.15) is 26.2 Å². The van der Waals surface area contributed by atoms with Gasteiger partial charge in [0.25, 0.3) is 0 Å². The fourth-order valence-corrected chi connectivity index (χ4v) is 4.74. The van der Waals surface area contributed by atoms with Gasteiger partial charge < -0.3 is 5.73 Å². The molecule has 18 heavy (non-hydrogen) atoms. The van der Waals surface area contributed by atoms with Crippen molar-refractivity contribution in [1.29, 1.82) is 0 Å². The molecule has 0 amide bonds. The molecule has 3 unspecified atom stereocenters. The van der Waals surface area contributed by atoms with Gasteiger partial charge in [-0.05, 0) is 25.2 Å². The zero-order valence-corrected chi connectivity index (χ0v) is 12.8. The minimum atomic E-state index is -3.11. The Morgan fingerprint density at radius 1 is 1.50 bits per heavy atom. The van der Waals surface area contributed by atoms with E-state index in [4.69, 9.17) is 5.73 Å². The van der Waals surface area contributed by atoms with E-state index in [2.05, 4.69) is 0 Å². The Labute approximate surface area is 113 Å². The van der Waals surface area contributed by atoms with E-state index in [-0.39, 0.29) is 12.0 Å². The predicted octanol–water partition coefficient (Wildman–Crippen LogP) is 0.144. The van der Waals surface area contributed by atoms with Crippen LogP contribution in [0.4, 0.5) is 0 Å². The molecule has 1 heterocycles. The van der Waals surface area contributed by atoms with Crippen LogP contribution in [0.25, 0.3) is 0 Å². The molecule has 1 saturated heterocycles. The average molecular weight is 296 g/mol. The molecule has 3 atom stereocenters. The van der Waals surface area contributed by atoms with E-state index in [0.717, 1.165) is 19.3 Å². The standard InChI is InChI=1S/C11H24N2O3S2/c1-3-11(12)9-17(14)8-10-5-4-6-13(7-10)18(2,15)16/h10-11H,3-9,12H2,1-2H3. The van der Waals surface area contributed by atoms with Gasteiger partial charge in [-0.15, -0.1) is 0 Å². The number of nitrogens with zero attached hydrogens (tertiary/aromatic N) is 1. The zero-order chi connectivity index (χ0) is 13.8. The second-order valence-electron chi connectivity index (χ2n) is 5.07. The van der Waals surface area contributed by atoms with Crippen LogP contribution in [0.3, 0.4) is 0 Å². The minimum absolute atomic E-state index is 0.0135. The van der Waals surface area contributed by atoms with Crippen molar-refractivity contribution in [2.24, 2.45) is 11.7 Å². The molecule has 0 saturated carbocycles. The topological polar surface area (TPSA) is 80.5 Å².